The van der Waals surface area contributed by atoms with Crippen molar-refractivity contribution in [3.63, 3.8) is 0 Å². The van der Waals surface area contributed by atoms with Gasteiger partial charge in [-0.2, -0.15) is 0 Å². The van der Waals surface area contributed by atoms with E-state index in [2.05, 4.69) is 9.89 Å². The predicted octanol–water partition coefficient (Wildman–Crippen LogP) is 1.86. The summed E-state index contributed by atoms with van der Waals surface area (Å²) < 4.78 is 12.6. The monoisotopic (exact) mass is 172 g/mol. The van der Waals surface area contributed by atoms with E-state index >= 15 is 0 Å². The number of nitrogens with zero attached hydrogens (tertiary/aromatic N) is 2. The zero-order valence-electron chi connectivity index (χ0n) is 8.00. The van der Waals surface area contributed by atoms with Crippen LogP contribution in [0, 0.1) is 0 Å². The molecule has 0 bridgehead atoms. The smallest absolute Gasteiger partial charge is 0.119 e. The molecule has 0 heterocycles. The molecule has 0 aliphatic heterocycles. The summed E-state index contributed by atoms with van der Waals surface area (Å²) in [6, 6.07) is 0.446. The molecule has 0 spiro atoms. The molecule has 1 fully saturated rings. The molecule has 0 aromatic carbocycles. The molecule has 12 heavy (non-hydrogen) atoms. The van der Waals surface area contributed by atoms with E-state index in [0.717, 1.165) is 0 Å². The number of aliphatic imine (C=N–C) groups is 1. The number of alkyl halides is 1. The molecular formula is C9H17FN2. The first-order chi connectivity index (χ1) is 5.61. The summed E-state index contributed by atoms with van der Waals surface area (Å²) >= 11 is 0. The average Bonchev–Trinajstić information content (AvgIpc) is 2.81. The molecule has 1 saturated carbocycles. The Balaban J connectivity index is 2.27. The van der Waals surface area contributed by atoms with Gasteiger partial charge in [0, 0.05) is 13.1 Å². The second-order valence-corrected chi connectivity index (χ2v) is 3.58. The molecular weight excluding hydrogens is 155 g/mol. The Morgan fingerprint density at radius 3 is 2.50 bits per heavy atom. The fraction of sp³-hybridized carbons (Fsp3) is 0.889. The second kappa shape index (κ2) is 3.87. The first-order valence-corrected chi connectivity index (χ1v) is 4.50. The van der Waals surface area contributed by atoms with Gasteiger partial charge in [-0.15, -0.1) is 0 Å². The van der Waals surface area contributed by atoms with E-state index in [9.17, 15) is 4.39 Å². The van der Waals surface area contributed by atoms with Crippen LogP contribution < -0.4 is 0 Å². The van der Waals surface area contributed by atoms with Crippen molar-refractivity contribution >= 4 is 6.34 Å². The second-order valence-electron chi connectivity index (χ2n) is 3.58. The van der Waals surface area contributed by atoms with Crippen molar-refractivity contribution in [2.45, 2.75) is 44.9 Å². The van der Waals surface area contributed by atoms with Crippen molar-refractivity contribution in [1.29, 1.82) is 0 Å². The van der Waals surface area contributed by atoms with Gasteiger partial charge >= 0.3 is 0 Å². The molecule has 1 aliphatic rings. The van der Waals surface area contributed by atoms with E-state index in [1.165, 1.54) is 12.8 Å². The molecule has 0 radical (unpaired) electrons. The van der Waals surface area contributed by atoms with Crippen molar-refractivity contribution in [2.24, 2.45) is 4.99 Å². The summed E-state index contributed by atoms with van der Waals surface area (Å²) in [5.41, 5.74) is 0. The zero-order valence-corrected chi connectivity index (χ0v) is 8.00. The molecule has 70 valence electrons. The number of hydrogen-bond acceptors (Lipinski definition) is 1. The van der Waals surface area contributed by atoms with Gasteiger partial charge in [0.1, 0.15) is 6.17 Å². The largest absolute Gasteiger partial charge is 0.363 e. The van der Waals surface area contributed by atoms with Crippen LogP contribution in [0.5, 0.6) is 0 Å². The third kappa shape index (κ3) is 2.80. The van der Waals surface area contributed by atoms with E-state index in [4.69, 9.17) is 0 Å². The zero-order chi connectivity index (χ0) is 9.14. The van der Waals surface area contributed by atoms with Gasteiger partial charge < -0.3 is 4.90 Å². The Morgan fingerprint density at radius 1 is 1.50 bits per heavy atom. The van der Waals surface area contributed by atoms with Crippen LogP contribution in [-0.4, -0.2) is 36.5 Å². The highest BCUT2D eigenvalue weighted by Crippen LogP contribution is 2.24. The summed E-state index contributed by atoms with van der Waals surface area (Å²) in [6.45, 7) is 3.33. The standard InChI is InChI=1S/C9H17FN2/c1-7(10)8(2)11-6-12(3)9-4-5-9/h6-9H,4-5H2,1-3H3/b11-6-/t7-,8?/m1/s1. The van der Waals surface area contributed by atoms with Crippen LogP contribution in [0.15, 0.2) is 4.99 Å². The van der Waals surface area contributed by atoms with Crippen LogP contribution in [0.25, 0.3) is 0 Å². The predicted molar refractivity (Wildman–Crippen MR) is 49.3 cm³/mol. The Hall–Kier alpha value is -0.600. The molecule has 0 saturated heterocycles. The third-order valence-corrected chi connectivity index (χ3v) is 2.27. The highest BCUT2D eigenvalue weighted by atomic mass is 19.1. The third-order valence-electron chi connectivity index (χ3n) is 2.27. The lowest BCUT2D eigenvalue weighted by Gasteiger charge is -2.13. The summed E-state index contributed by atoms with van der Waals surface area (Å²) in [6.07, 6.45) is 3.41. The lowest BCUT2D eigenvalue weighted by atomic mass is 10.2. The van der Waals surface area contributed by atoms with Crippen LogP contribution in [-0.2, 0) is 0 Å². The van der Waals surface area contributed by atoms with Gasteiger partial charge in [-0.3, -0.25) is 4.99 Å². The average molecular weight is 172 g/mol. The molecule has 0 N–H and O–H groups in total. The fourth-order valence-corrected chi connectivity index (χ4v) is 0.905. The lowest BCUT2D eigenvalue weighted by molar-refractivity contribution is 0.317. The summed E-state index contributed by atoms with van der Waals surface area (Å²) in [5.74, 6) is 0. The van der Waals surface area contributed by atoms with Crippen LogP contribution in [0.3, 0.4) is 0 Å². The van der Waals surface area contributed by atoms with Crippen molar-refractivity contribution in [3.05, 3.63) is 0 Å². The van der Waals surface area contributed by atoms with Gasteiger partial charge in [-0.1, -0.05) is 0 Å². The SMILES string of the molecule is CC(/N=C\N(C)C1CC1)[C@@H](C)F. The van der Waals surface area contributed by atoms with Crippen molar-refractivity contribution < 1.29 is 4.39 Å². The molecule has 0 aromatic rings. The minimum Gasteiger partial charge on any atom is -0.363 e. The first-order valence-electron chi connectivity index (χ1n) is 4.50. The quantitative estimate of drug-likeness (QED) is 0.467. The summed E-state index contributed by atoms with van der Waals surface area (Å²) in [7, 11) is 2.00. The maximum atomic E-state index is 12.6. The van der Waals surface area contributed by atoms with E-state index < -0.39 is 6.17 Å². The van der Waals surface area contributed by atoms with Crippen molar-refractivity contribution in [2.75, 3.05) is 7.05 Å². The van der Waals surface area contributed by atoms with Gasteiger partial charge in [0.05, 0.1) is 12.4 Å². The first kappa shape index (κ1) is 9.49. The van der Waals surface area contributed by atoms with Gasteiger partial charge in [-0.25, -0.2) is 4.39 Å². The van der Waals surface area contributed by atoms with Gasteiger partial charge in [0.15, 0.2) is 0 Å². The van der Waals surface area contributed by atoms with Crippen LogP contribution in [0.1, 0.15) is 26.7 Å². The topological polar surface area (TPSA) is 15.6 Å². The summed E-state index contributed by atoms with van der Waals surface area (Å²) in [5, 5.41) is 0. The van der Waals surface area contributed by atoms with Gasteiger partial charge in [0.25, 0.3) is 0 Å². The highest BCUT2D eigenvalue weighted by Gasteiger charge is 2.24. The van der Waals surface area contributed by atoms with E-state index in [1.807, 2.05) is 7.05 Å². The fourth-order valence-electron chi connectivity index (χ4n) is 0.905. The number of halogens is 1. The van der Waals surface area contributed by atoms with Crippen LogP contribution in [0.2, 0.25) is 0 Å². The Labute approximate surface area is 73.5 Å². The summed E-state index contributed by atoms with van der Waals surface area (Å²) in [4.78, 5) is 6.18. The highest BCUT2D eigenvalue weighted by molar-refractivity contribution is 5.55. The molecule has 1 rings (SSSR count). The van der Waals surface area contributed by atoms with Crippen molar-refractivity contribution in [1.82, 2.24) is 4.90 Å². The molecule has 2 atom stereocenters. The maximum absolute atomic E-state index is 12.6. The van der Waals surface area contributed by atoms with E-state index in [0.29, 0.717) is 6.04 Å². The minimum atomic E-state index is -0.853. The number of rotatable bonds is 4. The Bertz CT molecular complexity index is 154. The molecule has 0 amide bonds. The molecule has 0 aromatic heterocycles. The molecule has 3 heteroatoms. The number of hydrogen-bond donors (Lipinski definition) is 0. The van der Waals surface area contributed by atoms with Crippen LogP contribution >= 0.6 is 0 Å². The normalized spacial score (nSPS) is 22.7. The molecule has 1 unspecified atom stereocenters. The lowest BCUT2D eigenvalue weighted by Crippen LogP contribution is -2.21. The van der Waals surface area contributed by atoms with Crippen LogP contribution in [0.4, 0.5) is 4.39 Å². The van der Waals surface area contributed by atoms with Gasteiger partial charge in [-0.05, 0) is 26.7 Å². The Morgan fingerprint density at radius 2 is 2.08 bits per heavy atom. The van der Waals surface area contributed by atoms with E-state index in [1.54, 1.807) is 20.2 Å². The molecule has 1 aliphatic carbocycles. The molecule has 2 nitrogen and oxygen atoms in total. The van der Waals surface area contributed by atoms with Crippen molar-refractivity contribution in [3.8, 4) is 0 Å². The van der Waals surface area contributed by atoms with E-state index in [-0.39, 0.29) is 6.04 Å². The Kier molecular flexibility index (Phi) is 3.06. The maximum Gasteiger partial charge on any atom is 0.119 e. The minimum absolute atomic E-state index is 0.216. The van der Waals surface area contributed by atoms with Gasteiger partial charge in [0.2, 0.25) is 0 Å².